The molecule has 152 valence electrons. The van der Waals surface area contributed by atoms with Crippen molar-refractivity contribution < 1.29 is 9.18 Å². The molecule has 0 amide bonds. The van der Waals surface area contributed by atoms with E-state index in [1.165, 1.54) is 23.9 Å². The molecule has 0 unspecified atom stereocenters. The van der Waals surface area contributed by atoms with Gasteiger partial charge in [0.2, 0.25) is 0 Å². The number of hydrogen-bond donors (Lipinski definition) is 0. The summed E-state index contributed by atoms with van der Waals surface area (Å²) < 4.78 is 15.3. The number of nitrogens with zero attached hydrogens (tertiary/aromatic N) is 4. The first-order valence-electron chi connectivity index (χ1n) is 9.39. The van der Waals surface area contributed by atoms with E-state index in [0.717, 1.165) is 28.2 Å². The second-order valence-corrected chi connectivity index (χ2v) is 8.26. The maximum Gasteiger partial charge on any atom is 0.196 e. The van der Waals surface area contributed by atoms with E-state index in [-0.39, 0.29) is 23.4 Å². The zero-order chi connectivity index (χ0) is 21.1. The zero-order valence-corrected chi connectivity index (χ0v) is 18.1. The summed E-state index contributed by atoms with van der Waals surface area (Å²) in [7, 11) is 3.93. The van der Waals surface area contributed by atoms with Crippen LogP contribution in [0.5, 0.6) is 0 Å². The maximum atomic E-state index is 13.4. The lowest BCUT2D eigenvalue weighted by atomic mass is 10.0. The van der Waals surface area contributed by atoms with Gasteiger partial charge in [0.15, 0.2) is 16.8 Å². The van der Waals surface area contributed by atoms with Crippen molar-refractivity contribution in [2.75, 3.05) is 19.8 Å². The Morgan fingerprint density at radius 3 is 2.48 bits per heavy atom. The average molecular weight is 413 g/mol. The van der Waals surface area contributed by atoms with Gasteiger partial charge in [0, 0.05) is 11.3 Å². The highest BCUT2D eigenvalue weighted by Gasteiger charge is 2.22. The molecule has 1 heterocycles. The van der Waals surface area contributed by atoms with Crippen molar-refractivity contribution in [3.05, 3.63) is 70.8 Å². The summed E-state index contributed by atoms with van der Waals surface area (Å²) in [5.74, 6) is 0.735. The molecule has 5 nitrogen and oxygen atoms in total. The molecule has 0 bridgehead atoms. The number of benzene rings is 2. The van der Waals surface area contributed by atoms with Crippen LogP contribution in [0.4, 0.5) is 4.39 Å². The van der Waals surface area contributed by atoms with E-state index in [1.807, 2.05) is 62.5 Å². The van der Waals surface area contributed by atoms with Gasteiger partial charge in [0.25, 0.3) is 0 Å². The summed E-state index contributed by atoms with van der Waals surface area (Å²) in [5.41, 5.74) is 3.51. The first-order chi connectivity index (χ1) is 13.8. The molecular formula is C22H25FN4OS. The first-order valence-corrected chi connectivity index (χ1v) is 10.4. The summed E-state index contributed by atoms with van der Waals surface area (Å²) in [4.78, 5) is 14.8. The predicted molar refractivity (Wildman–Crippen MR) is 114 cm³/mol. The first kappa shape index (κ1) is 21.2. The van der Waals surface area contributed by atoms with Gasteiger partial charge in [0.1, 0.15) is 5.82 Å². The number of rotatable bonds is 7. The van der Waals surface area contributed by atoms with Crippen LogP contribution in [-0.2, 0) is 0 Å². The van der Waals surface area contributed by atoms with Gasteiger partial charge in [-0.3, -0.25) is 14.3 Å². The van der Waals surface area contributed by atoms with E-state index in [2.05, 4.69) is 10.2 Å². The van der Waals surface area contributed by atoms with Crippen LogP contribution >= 0.6 is 11.8 Å². The van der Waals surface area contributed by atoms with E-state index < -0.39 is 0 Å². The lowest BCUT2D eigenvalue weighted by Gasteiger charge is -2.20. The summed E-state index contributed by atoms with van der Waals surface area (Å²) in [6, 6.07) is 12.1. The number of hydrogen-bond acceptors (Lipinski definition) is 5. The highest BCUT2D eigenvalue weighted by molar-refractivity contribution is 7.99. The van der Waals surface area contributed by atoms with Gasteiger partial charge in [0.05, 0.1) is 11.8 Å². The van der Waals surface area contributed by atoms with Crippen LogP contribution in [0.15, 0.2) is 47.6 Å². The number of ketones is 1. The molecule has 1 atom stereocenters. The highest BCUT2D eigenvalue weighted by Crippen LogP contribution is 2.27. The number of aromatic nitrogens is 3. The fourth-order valence-corrected chi connectivity index (χ4v) is 3.80. The quantitative estimate of drug-likeness (QED) is 0.419. The molecule has 0 aliphatic rings. The molecular weight excluding hydrogens is 387 g/mol. The maximum absolute atomic E-state index is 13.4. The minimum atomic E-state index is -0.302. The third kappa shape index (κ3) is 4.74. The zero-order valence-electron chi connectivity index (χ0n) is 17.3. The minimum Gasteiger partial charge on any atom is -0.300 e. The van der Waals surface area contributed by atoms with Crippen LogP contribution in [0.2, 0.25) is 0 Å². The molecule has 0 fully saturated rings. The van der Waals surface area contributed by atoms with Crippen LogP contribution < -0.4 is 0 Å². The summed E-state index contributed by atoms with van der Waals surface area (Å²) in [6.45, 7) is 5.94. The van der Waals surface area contributed by atoms with E-state index in [0.29, 0.717) is 5.16 Å². The molecule has 0 spiro atoms. The molecule has 0 N–H and O–H groups in total. The van der Waals surface area contributed by atoms with Crippen molar-refractivity contribution >= 4 is 17.5 Å². The second kappa shape index (κ2) is 8.88. The third-order valence-electron chi connectivity index (χ3n) is 4.92. The smallest absolute Gasteiger partial charge is 0.196 e. The van der Waals surface area contributed by atoms with E-state index in [4.69, 9.17) is 0 Å². The van der Waals surface area contributed by atoms with Gasteiger partial charge in [-0.15, -0.1) is 10.2 Å². The second-order valence-electron chi connectivity index (χ2n) is 7.32. The molecule has 0 aliphatic carbocycles. The molecule has 7 heteroatoms. The molecule has 3 rings (SSSR count). The van der Waals surface area contributed by atoms with Crippen LogP contribution in [0.25, 0.3) is 5.69 Å². The lowest BCUT2D eigenvalue weighted by molar-refractivity contribution is 0.102. The molecule has 29 heavy (non-hydrogen) atoms. The van der Waals surface area contributed by atoms with Gasteiger partial charge >= 0.3 is 0 Å². The molecule has 0 radical (unpaired) electrons. The van der Waals surface area contributed by atoms with Crippen LogP contribution in [0, 0.1) is 19.7 Å². The summed E-state index contributed by atoms with van der Waals surface area (Å²) in [5, 5.41) is 9.30. The number of halogens is 1. The highest BCUT2D eigenvalue weighted by atomic mass is 32.2. The number of carbonyl (C=O) groups is 1. The standard InChI is InChI=1S/C22H25FN4OS/c1-14-6-7-15(2)19(12-14)20(28)13-29-22-25-24-21(16(3)26(4)5)27(22)18-10-8-17(23)9-11-18/h6-12,16H,13H2,1-5H3/t16-/m0/s1. The monoisotopic (exact) mass is 412 g/mol. The van der Waals surface area contributed by atoms with Crippen LogP contribution in [0.1, 0.15) is 40.3 Å². The number of aryl methyl sites for hydroxylation is 2. The molecule has 0 saturated carbocycles. The SMILES string of the molecule is Cc1ccc(C)c(C(=O)CSc2nnc([C@H](C)N(C)C)n2-c2ccc(F)cc2)c1. The van der Waals surface area contributed by atoms with Crippen molar-refractivity contribution in [3.8, 4) is 5.69 Å². The molecule has 2 aromatic carbocycles. The molecule has 0 saturated heterocycles. The fourth-order valence-electron chi connectivity index (χ4n) is 2.95. The Balaban J connectivity index is 1.92. The van der Waals surface area contributed by atoms with Crippen molar-refractivity contribution in [3.63, 3.8) is 0 Å². The number of carbonyl (C=O) groups excluding carboxylic acids is 1. The number of thioether (sulfide) groups is 1. The van der Waals surface area contributed by atoms with Crippen molar-refractivity contribution in [2.45, 2.75) is 32.0 Å². The van der Waals surface area contributed by atoms with E-state index in [9.17, 15) is 9.18 Å². The number of Topliss-reactive ketones (excluding diaryl/α,β-unsaturated/α-hetero) is 1. The van der Waals surface area contributed by atoms with Gasteiger partial charge in [-0.1, -0.05) is 29.5 Å². The van der Waals surface area contributed by atoms with Crippen LogP contribution in [0.3, 0.4) is 0 Å². The lowest BCUT2D eigenvalue weighted by Crippen LogP contribution is -2.20. The Hall–Kier alpha value is -2.51. The largest absolute Gasteiger partial charge is 0.300 e. The normalized spacial score (nSPS) is 12.4. The van der Waals surface area contributed by atoms with Gasteiger partial charge in [-0.2, -0.15) is 0 Å². The molecule has 1 aromatic heterocycles. The van der Waals surface area contributed by atoms with Gasteiger partial charge in [-0.05, 0) is 70.8 Å². The summed E-state index contributed by atoms with van der Waals surface area (Å²) >= 11 is 1.34. The van der Waals surface area contributed by atoms with E-state index in [1.54, 1.807) is 12.1 Å². The molecule has 3 aromatic rings. The van der Waals surface area contributed by atoms with Crippen LogP contribution in [-0.4, -0.2) is 45.3 Å². The molecule has 0 aliphatic heterocycles. The minimum absolute atomic E-state index is 0.00313. The van der Waals surface area contributed by atoms with Gasteiger partial charge < -0.3 is 0 Å². The van der Waals surface area contributed by atoms with Crippen molar-refractivity contribution in [2.24, 2.45) is 0 Å². The van der Waals surface area contributed by atoms with Crippen molar-refractivity contribution in [1.29, 1.82) is 0 Å². The summed E-state index contributed by atoms with van der Waals surface area (Å²) in [6.07, 6.45) is 0. The van der Waals surface area contributed by atoms with Gasteiger partial charge in [-0.25, -0.2) is 4.39 Å². The Bertz CT molecular complexity index is 1010. The Morgan fingerprint density at radius 1 is 1.14 bits per heavy atom. The average Bonchev–Trinajstić information content (AvgIpc) is 3.11. The predicted octanol–water partition coefficient (Wildman–Crippen LogP) is 4.62. The Labute approximate surface area is 175 Å². The Morgan fingerprint density at radius 2 is 1.83 bits per heavy atom. The Kier molecular flexibility index (Phi) is 6.49. The fraction of sp³-hybridized carbons (Fsp3) is 0.318. The third-order valence-corrected chi connectivity index (χ3v) is 5.85. The van der Waals surface area contributed by atoms with Crippen molar-refractivity contribution in [1.82, 2.24) is 19.7 Å². The van der Waals surface area contributed by atoms with E-state index >= 15 is 0 Å². The topological polar surface area (TPSA) is 51.0 Å².